The Hall–Kier alpha value is -3.22. The van der Waals surface area contributed by atoms with Crippen molar-refractivity contribution >= 4 is 17.6 Å². The molecule has 7 heteroatoms. The molecule has 2 aromatic carbocycles. The molecule has 1 N–H and O–H groups in total. The summed E-state index contributed by atoms with van der Waals surface area (Å²) in [6, 6.07) is 17.7. The molecule has 0 radical (unpaired) electrons. The lowest BCUT2D eigenvalue weighted by Crippen LogP contribution is -2.53. The Bertz CT molecular complexity index is 851. The molecule has 1 fully saturated rings. The maximum atomic E-state index is 12.6. The van der Waals surface area contributed by atoms with E-state index in [1.54, 1.807) is 9.80 Å². The van der Waals surface area contributed by atoms with Gasteiger partial charge in [0.2, 0.25) is 5.91 Å². The molecule has 1 heterocycles. The van der Waals surface area contributed by atoms with E-state index in [0.717, 1.165) is 30.1 Å². The molecule has 7 nitrogen and oxygen atoms in total. The van der Waals surface area contributed by atoms with Gasteiger partial charge in [0.25, 0.3) is 0 Å². The second-order valence-electron chi connectivity index (χ2n) is 7.43. The summed E-state index contributed by atoms with van der Waals surface area (Å²) in [5.74, 6) is 0.788. The topological polar surface area (TPSA) is 65.1 Å². The van der Waals surface area contributed by atoms with Gasteiger partial charge in [0, 0.05) is 39.3 Å². The number of para-hydroxylation sites is 2. The van der Waals surface area contributed by atoms with Crippen molar-refractivity contribution in [2.45, 2.75) is 20.4 Å². The first-order valence-corrected chi connectivity index (χ1v) is 10.9. The van der Waals surface area contributed by atoms with E-state index in [0.29, 0.717) is 32.8 Å². The molecule has 0 aromatic heterocycles. The van der Waals surface area contributed by atoms with E-state index in [9.17, 15) is 9.59 Å². The summed E-state index contributed by atoms with van der Waals surface area (Å²) in [6.45, 7) is 8.33. The summed E-state index contributed by atoms with van der Waals surface area (Å²) in [5.41, 5.74) is 2.13. The maximum Gasteiger partial charge on any atom is 0.317 e. The lowest BCUT2D eigenvalue weighted by Gasteiger charge is -2.36. The van der Waals surface area contributed by atoms with Crippen molar-refractivity contribution in [1.82, 2.24) is 15.1 Å². The Kier molecular flexibility index (Phi) is 8.15. The van der Waals surface area contributed by atoms with Gasteiger partial charge in [-0.3, -0.25) is 4.79 Å². The first-order chi connectivity index (χ1) is 15.1. The van der Waals surface area contributed by atoms with Crippen LogP contribution in [0.4, 0.5) is 10.5 Å². The fraction of sp³-hybridized carbons (Fsp3) is 0.417. The zero-order chi connectivity index (χ0) is 22.1. The number of ether oxygens (including phenoxy) is 1. The zero-order valence-electron chi connectivity index (χ0n) is 18.4. The summed E-state index contributed by atoms with van der Waals surface area (Å²) in [6.07, 6.45) is 0. The van der Waals surface area contributed by atoms with E-state index >= 15 is 0 Å². The zero-order valence-corrected chi connectivity index (χ0v) is 18.4. The Balaban J connectivity index is 1.47. The molecule has 0 saturated carbocycles. The average molecular weight is 425 g/mol. The number of likely N-dealkylation sites (N-methyl/N-ethyl adjacent to an activating group) is 1. The monoisotopic (exact) mass is 424 g/mol. The van der Waals surface area contributed by atoms with Crippen LogP contribution < -0.4 is 15.0 Å². The highest BCUT2D eigenvalue weighted by atomic mass is 16.5. The van der Waals surface area contributed by atoms with Gasteiger partial charge in [0.05, 0.1) is 18.8 Å². The molecule has 0 spiro atoms. The molecular weight excluding hydrogens is 392 g/mol. The summed E-state index contributed by atoms with van der Waals surface area (Å²) < 4.78 is 5.73. The Morgan fingerprint density at radius 3 is 2.32 bits per heavy atom. The van der Waals surface area contributed by atoms with Crippen LogP contribution in [-0.4, -0.2) is 67.6 Å². The van der Waals surface area contributed by atoms with Crippen molar-refractivity contribution < 1.29 is 14.3 Å². The molecule has 3 amide bonds. The standard InChI is InChI=1S/C24H32N4O3/c1-3-26(19-20-10-6-5-7-11-20)23(29)18-25-24(30)28-16-14-27(15-17-28)21-12-8-9-13-22(21)31-4-2/h5-13H,3-4,14-19H2,1-2H3,(H,25,30). The van der Waals surface area contributed by atoms with E-state index in [-0.39, 0.29) is 18.5 Å². The molecule has 0 bridgehead atoms. The minimum Gasteiger partial charge on any atom is -0.492 e. The van der Waals surface area contributed by atoms with Gasteiger partial charge in [0.1, 0.15) is 5.75 Å². The molecule has 3 rings (SSSR count). The van der Waals surface area contributed by atoms with Crippen molar-refractivity contribution in [3.05, 3.63) is 60.2 Å². The smallest absolute Gasteiger partial charge is 0.317 e. The van der Waals surface area contributed by atoms with Crippen molar-refractivity contribution in [3.63, 3.8) is 0 Å². The number of anilines is 1. The number of nitrogens with zero attached hydrogens (tertiary/aromatic N) is 3. The van der Waals surface area contributed by atoms with Crippen LogP contribution in [0, 0.1) is 0 Å². The fourth-order valence-electron chi connectivity index (χ4n) is 3.70. The van der Waals surface area contributed by atoms with Gasteiger partial charge < -0.3 is 24.8 Å². The molecule has 1 aliphatic heterocycles. The van der Waals surface area contributed by atoms with Crippen molar-refractivity contribution in [2.24, 2.45) is 0 Å². The second-order valence-corrected chi connectivity index (χ2v) is 7.43. The Morgan fingerprint density at radius 1 is 0.968 bits per heavy atom. The van der Waals surface area contributed by atoms with Crippen LogP contribution in [-0.2, 0) is 11.3 Å². The number of rotatable bonds is 8. The number of hydrogen-bond donors (Lipinski definition) is 1. The van der Waals surface area contributed by atoms with Gasteiger partial charge in [-0.2, -0.15) is 0 Å². The molecule has 31 heavy (non-hydrogen) atoms. The SMILES string of the molecule is CCOc1ccccc1N1CCN(C(=O)NCC(=O)N(CC)Cc2ccccc2)CC1. The van der Waals surface area contributed by atoms with Crippen LogP contribution in [0.15, 0.2) is 54.6 Å². The maximum absolute atomic E-state index is 12.6. The number of benzene rings is 2. The third-order valence-corrected chi connectivity index (χ3v) is 5.41. The van der Waals surface area contributed by atoms with E-state index in [1.165, 1.54) is 0 Å². The summed E-state index contributed by atoms with van der Waals surface area (Å²) in [4.78, 5) is 30.9. The molecule has 1 aliphatic rings. The molecule has 1 saturated heterocycles. The summed E-state index contributed by atoms with van der Waals surface area (Å²) >= 11 is 0. The normalized spacial score (nSPS) is 13.6. The summed E-state index contributed by atoms with van der Waals surface area (Å²) in [7, 11) is 0. The highest BCUT2D eigenvalue weighted by molar-refractivity contribution is 5.84. The molecule has 0 atom stereocenters. The minimum atomic E-state index is -0.193. The van der Waals surface area contributed by atoms with Crippen LogP contribution in [0.2, 0.25) is 0 Å². The predicted molar refractivity (Wildman–Crippen MR) is 122 cm³/mol. The van der Waals surface area contributed by atoms with Gasteiger partial charge in [0.15, 0.2) is 0 Å². The fourth-order valence-corrected chi connectivity index (χ4v) is 3.70. The van der Waals surface area contributed by atoms with E-state index in [4.69, 9.17) is 4.74 Å². The van der Waals surface area contributed by atoms with Gasteiger partial charge in [-0.1, -0.05) is 42.5 Å². The Morgan fingerprint density at radius 2 is 1.65 bits per heavy atom. The van der Waals surface area contributed by atoms with Gasteiger partial charge in [-0.05, 0) is 31.5 Å². The molecular formula is C24H32N4O3. The van der Waals surface area contributed by atoms with E-state index < -0.39 is 0 Å². The first-order valence-electron chi connectivity index (χ1n) is 10.9. The molecule has 0 aliphatic carbocycles. The number of nitrogens with one attached hydrogen (secondary N) is 1. The Labute approximate surface area is 184 Å². The van der Waals surface area contributed by atoms with Gasteiger partial charge >= 0.3 is 6.03 Å². The number of amides is 3. The van der Waals surface area contributed by atoms with Crippen LogP contribution in [0.3, 0.4) is 0 Å². The van der Waals surface area contributed by atoms with Gasteiger partial charge in [-0.25, -0.2) is 4.79 Å². The highest BCUT2D eigenvalue weighted by Crippen LogP contribution is 2.28. The van der Waals surface area contributed by atoms with Crippen LogP contribution in [0.25, 0.3) is 0 Å². The molecule has 0 unspecified atom stereocenters. The molecule has 2 aromatic rings. The summed E-state index contributed by atoms with van der Waals surface area (Å²) in [5, 5.41) is 2.79. The number of carbonyl (C=O) groups excluding carboxylic acids is 2. The number of carbonyl (C=O) groups is 2. The van der Waals surface area contributed by atoms with Crippen molar-refractivity contribution in [1.29, 1.82) is 0 Å². The van der Waals surface area contributed by atoms with Crippen LogP contribution in [0.5, 0.6) is 5.75 Å². The number of hydrogen-bond acceptors (Lipinski definition) is 4. The minimum absolute atomic E-state index is 0.00684. The second kappa shape index (κ2) is 11.2. The number of urea groups is 1. The van der Waals surface area contributed by atoms with Crippen LogP contribution >= 0.6 is 0 Å². The average Bonchev–Trinajstić information content (AvgIpc) is 2.82. The third kappa shape index (κ3) is 6.13. The van der Waals surface area contributed by atoms with Crippen molar-refractivity contribution in [3.8, 4) is 5.75 Å². The molecule has 166 valence electrons. The van der Waals surface area contributed by atoms with Gasteiger partial charge in [-0.15, -0.1) is 0 Å². The van der Waals surface area contributed by atoms with Crippen LogP contribution in [0.1, 0.15) is 19.4 Å². The van der Waals surface area contributed by atoms with E-state index in [1.807, 2.05) is 68.4 Å². The quantitative estimate of drug-likeness (QED) is 0.708. The third-order valence-electron chi connectivity index (χ3n) is 5.41. The highest BCUT2D eigenvalue weighted by Gasteiger charge is 2.23. The van der Waals surface area contributed by atoms with Crippen molar-refractivity contribution in [2.75, 3.05) is 50.8 Å². The lowest BCUT2D eigenvalue weighted by atomic mass is 10.2. The predicted octanol–water partition coefficient (Wildman–Crippen LogP) is 2.97. The number of piperazine rings is 1. The van der Waals surface area contributed by atoms with E-state index in [2.05, 4.69) is 10.2 Å². The first kappa shape index (κ1) is 22.5. The largest absolute Gasteiger partial charge is 0.492 e. The lowest BCUT2D eigenvalue weighted by molar-refractivity contribution is -0.130.